The molecule has 0 fully saturated rings. The quantitative estimate of drug-likeness (QED) is 0.714. The number of aromatic nitrogens is 4. The number of hydrogen-bond donors (Lipinski definition) is 1. The molecule has 154 valence electrons. The Morgan fingerprint density at radius 2 is 1.93 bits per heavy atom. The number of anilines is 1. The SMILES string of the molecule is COc1ccccc1NC(=O)Cn1nc(C(C)C)c2cnn(C(C)(C)C)c2c1=O. The summed E-state index contributed by atoms with van der Waals surface area (Å²) >= 11 is 0. The number of para-hydroxylation sites is 2. The number of ether oxygens (including phenoxy) is 1. The second-order valence-electron chi connectivity index (χ2n) is 8.24. The van der Waals surface area contributed by atoms with E-state index >= 15 is 0 Å². The van der Waals surface area contributed by atoms with Crippen molar-refractivity contribution in [2.24, 2.45) is 0 Å². The number of amides is 1. The molecule has 0 saturated carbocycles. The topological polar surface area (TPSA) is 91.0 Å². The number of rotatable bonds is 5. The lowest BCUT2D eigenvalue weighted by atomic mass is 10.1. The lowest BCUT2D eigenvalue weighted by Gasteiger charge is -2.21. The molecule has 1 amide bonds. The summed E-state index contributed by atoms with van der Waals surface area (Å²) in [6, 6.07) is 7.11. The molecule has 0 bridgehead atoms. The van der Waals surface area contributed by atoms with E-state index in [2.05, 4.69) is 15.5 Å². The summed E-state index contributed by atoms with van der Waals surface area (Å²) in [5, 5.41) is 12.4. The van der Waals surface area contributed by atoms with E-state index in [9.17, 15) is 9.59 Å². The molecular formula is C21H27N5O3. The third-order valence-corrected chi connectivity index (χ3v) is 4.57. The number of fused-ring (bicyclic) bond motifs is 1. The summed E-state index contributed by atoms with van der Waals surface area (Å²) in [7, 11) is 1.54. The first-order valence-electron chi connectivity index (χ1n) is 9.55. The van der Waals surface area contributed by atoms with Gasteiger partial charge >= 0.3 is 0 Å². The zero-order valence-electron chi connectivity index (χ0n) is 17.7. The molecule has 3 rings (SSSR count). The van der Waals surface area contributed by atoms with Crippen LogP contribution in [0.25, 0.3) is 10.9 Å². The summed E-state index contributed by atoms with van der Waals surface area (Å²) < 4.78 is 8.18. The van der Waals surface area contributed by atoms with E-state index < -0.39 is 0 Å². The van der Waals surface area contributed by atoms with Crippen LogP contribution in [0.5, 0.6) is 5.75 Å². The number of nitrogens with zero attached hydrogens (tertiary/aromatic N) is 4. The van der Waals surface area contributed by atoms with Gasteiger partial charge in [0.05, 0.1) is 30.2 Å². The molecule has 1 aromatic carbocycles. The van der Waals surface area contributed by atoms with Crippen molar-refractivity contribution in [3.63, 3.8) is 0 Å². The van der Waals surface area contributed by atoms with Crippen molar-refractivity contribution in [1.82, 2.24) is 19.6 Å². The van der Waals surface area contributed by atoms with Crippen LogP contribution in [-0.4, -0.2) is 32.6 Å². The van der Waals surface area contributed by atoms with Crippen LogP contribution in [0.1, 0.15) is 46.2 Å². The van der Waals surface area contributed by atoms with Crippen LogP contribution in [-0.2, 0) is 16.9 Å². The van der Waals surface area contributed by atoms with Crippen molar-refractivity contribution < 1.29 is 9.53 Å². The Balaban J connectivity index is 2.04. The van der Waals surface area contributed by atoms with Gasteiger partial charge in [0.15, 0.2) is 0 Å². The summed E-state index contributed by atoms with van der Waals surface area (Å²) in [4.78, 5) is 25.8. The van der Waals surface area contributed by atoms with Crippen LogP contribution < -0.4 is 15.6 Å². The first kappa shape index (κ1) is 20.6. The highest BCUT2D eigenvalue weighted by molar-refractivity contribution is 5.92. The lowest BCUT2D eigenvalue weighted by Crippen LogP contribution is -2.34. The Labute approximate surface area is 169 Å². The molecule has 8 heteroatoms. The zero-order chi connectivity index (χ0) is 21.3. The van der Waals surface area contributed by atoms with Gasteiger partial charge in [-0.15, -0.1) is 0 Å². The maximum absolute atomic E-state index is 13.2. The van der Waals surface area contributed by atoms with Gasteiger partial charge in [0.2, 0.25) is 5.91 Å². The Morgan fingerprint density at radius 1 is 1.24 bits per heavy atom. The summed E-state index contributed by atoms with van der Waals surface area (Å²) in [6.07, 6.45) is 1.68. The maximum atomic E-state index is 13.2. The number of methoxy groups -OCH3 is 1. The Hall–Kier alpha value is -3.16. The van der Waals surface area contributed by atoms with E-state index in [0.29, 0.717) is 17.0 Å². The second kappa shape index (κ2) is 7.69. The Bertz CT molecular complexity index is 1110. The van der Waals surface area contributed by atoms with Gasteiger partial charge in [-0.1, -0.05) is 26.0 Å². The molecule has 0 atom stereocenters. The third kappa shape index (κ3) is 4.01. The molecule has 0 aliphatic rings. The number of nitrogens with one attached hydrogen (secondary N) is 1. The number of hydrogen-bond acceptors (Lipinski definition) is 5. The Morgan fingerprint density at radius 3 is 2.55 bits per heavy atom. The highest BCUT2D eigenvalue weighted by Crippen LogP contribution is 2.25. The second-order valence-corrected chi connectivity index (χ2v) is 8.24. The van der Waals surface area contributed by atoms with Crippen molar-refractivity contribution in [2.45, 2.75) is 52.6 Å². The van der Waals surface area contributed by atoms with Crippen molar-refractivity contribution in [2.75, 3.05) is 12.4 Å². The van der Waals surface area contributed by atoms with Gasteiger partial charge in [-0.3, -0.25) is 14.3 Å². The number of carbonyl (C=O) groups is 1. The van der Waals surface area contributed by atoms with Gasteiger partial charge in [-0.25, -0.2) is 4.68 Å². The highest BCUT2D eigenvalue weighted by Gasteiger charge is 2.24. The van der Waals surface area contributed by atoms with Crippen LogP contribution in [0.15, 0.2) is 35.3 Å². The maximum Gasteiger partial charge on any atom is 0.293 e. The third-order valence-electron chi connectivity index (χ3n) is 4.57. The number of carbonyl (C=O) groups excluding carboxylic acids is 1. The molecule has 0 unspecified atom stereocenters. The molecule has 2 aromatic heterocycles. The lowest BCUT2D eigenvalue weighted by molar-refractivity contribution is -0.117. The monoisotopic (exact) mass is 397 g/mol. The van der Waals surface area contributed by atoms with Gasteiger partial charge in [0.25, 0.3) is 5.56 Å². The summed E-state index contributed by atoms with van der Waals surface area (Å²) in [5.74, 6) is 0.254. The van der Waals surface area contributed by atoms with Gasteiger partial charge in [-0.05, 0) is 38.8 Å². The van der Waals surface area contributed by atoms with E-state index in [4.69, 9.17) is 4.74 Å². The fourth-order valence-electron chi connectivity index (χ4n) is 3.21. The molecule has 1 N–H and O–H groups in total. The molecule has 0 aliphatic carbocycles. The van der Waals surface area contributed by atoms with Gasteiger partial charge < -0.3 is 10.1 Å². The van der Waals surface area contributed by atoms with E-state index in [1.165, 1.54) is 11.8 Å². The van der Waals surface area contributed by atoms with Crippen molar-refractivity contribution in [3.05, 3.63) is 46.5 Å². The minimum absolute atomic E-state index is 0.0687. The average molecular weight is 397 g/mol. The molecule has 3 aromatic rings. The molecule has 2 heterocycles. The van der Waals surface area contributed by atoms with Crippen LogP contribution in [0.2, 0.25) is 0 Å². The average Bonchev–Trinajstić information content (AvgIpc) is 3.10. The Kier molecular flexibility index (Phi) is 5.46. The molecule has 0 radical (unpaired) electrons. The number of benzene rings is 1. The van der Waals surface area contributed by atoms with Crippen molar-refractivity contribution in [1.29, 1.82) is 0 Å². The minimum Gasteiger partial charge on any atom is -0.495 e. The molecule has 0 saturated heterocycles. The minimum atomic E-state index is -0.381. The van der Waals surface area contributed by atoms with Crippen molar-refractivity contribution >= 4 is 22.5 Å². The van der Waals surface area contributed by atoms with Gasteiger partial charge in [-0.2, -0.15) is 10.2 Å². The zero-order valence-corrected chi connectivity index (χ0v) is 17.7. The van der Waals surface area contributed by atoms with Crippen LogP contribution in [0, 0.1) is 0 Å². The molecule has 0 aliphatic heterocycles. The predicted molar refractivity (Wildman–Crippen MR) is 112 cm³/mol. The molecule has 0 spiro atoms. The predicted octanol–water partition coefficient (Wildman–Crippen LogP) is 3.12. The van der Waals surface area contributed by atoms with E-state index in [1.54, 1.807) is 29.1 Å². The highest BCUT2D eigenvalue weighted by atomic mass is 16.5. The van der Waals surface area contributed by atoms with E-state index in [1.807, 2.05) is 40.7 Å². The largest absolute Gasteiger partial charge is 0.495 e. The molecular weight excluding hydrogens is 370 g/mol. The normalized spacial score (nSPS) is 11.8. The molecule has 29 heavy (non-hydrogen) atoms. The van der Waals surface area contributed by atoms with Gasteiger partial charge in [0.1, 0.15) is 17.8 Å². The smallest absolute Gasteiger partial charge is 0.293 e. The van der Waals surface area contributed by atoms with Crippen molar-refractivity contribution in [3.8, 4) is 5.75 Å². The summed E-state index contributed by atoms with van der Waals surface area (Å²) in [6.45, 7) is 9.73. The van der Waals surface area contributed by atoms with E-state index in [-0.39, 0.29) is 29.5 Å². The molecule has 8 nitrogen and oxygen atoms in total. The fraction of sp³-hybridized carbons (Fsp3) is 0.429. The van der Waals surface area contributed by atoms with Crippen LogP contribution >= 0.6 is 0 Å². The van der Waals surface area contributed by atoms with Gasteiger partial charge in [0, 0.05) is 5.39 Å². The van der Waals surface area contributed by atoms with Crippen LogP contribution in [0.4, 0.5) is 5.69 Å². The summed E-state index contributed by atoms with van der Waals surface area (Å²) in [5.41, 5.74) is 1.01. The first-order chi connectivity index (χ1) is 13.6. The van der Waals surface area contributed by atoms with E-state index in [0.717, 1.165) is 11.1 Å². The first-order valence-corrected chi connectivity index (χ1v) is 9.55. The van der Waals surface area contributed by atoms with Crippen LogP contribution in [0.3, 0.4) is 0 Å². The fourth-order valence-corrected chi connectivity index (χ4v) is 3.21. The standard InChI is InChI=1S/C21H27N5O3/c1-13(2)18-14-11-22-26(21(3,4)5)19(14)20(28)25(24-18)12-17(27)23-15-9-7-8-10-16(15)29-6/h7-11,13H,12H2,1-6H3,(H,23,27).